The first-order valence-electron chi connectivity index (χ1n) is 21.3. The van der Waals surface area contributed by atoms with Crippen molar-refractivity contribution in [1.82, 2.24) is 25.5 Å². The molecule has 59 heavy (non-hydrogen) atoms. The number of piperidine rings is 1. The van der Waals surface area contributed by atoms with E-state index in [-0.39, 0.29) is 53.8 Å². The van der Waals surface area contributed by atoms with Gasteiger partial charge in [-0.2, -0.15) is 0 Å². The smallest absolute Gasteiger partial charge is 0.271 e. The van der Waals surface area contributed by atoms with E-state index in [1.54, 1.807) is 0 Å². The van der Waals surface area contributed by atoms with Crippen molar-refractivity contribution >= 4 is 22.8 Å². The zero-order valence-corrected chi connectivity index (χ0v) is 34.6. The standard InChI is InChI=1S/C49H57N5O5/c1-31-44(29-54-42-16-10-6-11-34(42)25-26-43(54)47(57)53-49(2,3)4)58-48(59-45(31)35-19-17-32(30-55)18-20-35)36-23-21-33(22-24-36)38-13-7-5-12-37(38)27-51-46(56)41-28-50-39-14-8-9-15-40(39)52-41/h5,7-9,12-15,17-24,28,31,34,42-45,48,55H,6,10-11,16,25-27,29-30H2,1-4H3,(H,51,56)(H,53,57). The maximum atomic E-state index is 13.9. The van der Waals surface area contributed by atoms with E-state index in [9.17, 15) is 14.7 Å². The third-order valence-electron chi connectivity index (χ3n) is 12.5. The fourth-order valence-corrected chi connectivity index (χ4v) is 9.37. The van der Waals surface area contributed by atoms with E-state index in [1.165, 1.54) is 25.5 Å². The number of amides is 2. The summed E-state index contributed by atoms with van der Waals surface area (Å²) in [4.78, 5) is 38.5. The molecular weight excluding hydrogens is 739 g/mol. The molecule has 10 heteroatoms. The number of likely N-dealkylation sites (tertiary alicyclic amines) is 1. The molecule has 8 rings (SSSR count). The highest BCUT2D eigenvalue weighted by Gasteiger charge is 2.46. The van der Waals surface area contributed by atoms with Crippen LogP contribution in [0.1, 0.15) is 111 Å². The molecular formula is C49H57N5O5. The van der Waals surface area contributed by atoms with Crippen LogP contribution >= 0.6 is 0 Å². The highest BCUT2D eigenvalue weighted by molar-refractivity contribution is 5.93. The Morgan fingerprint density at radius 2 is 1.54 bits per heavy atom. The van der Waals surface area contributed by atoms with Gasteiger partial charge >= 0.3 is 0 Å². The Morgan fingerprint density at radius 3 is 2.31 bits per heavy atom. The summed E-state index contributed by atoms with van der Waals surface area (Å²) in [6.45, 7) is 9.28. The number of para-hydroxylation sites is 2. The van der Waals surface area contributed by atoms with E-state index >= 15 is 0 Å². The summed E-state index contributed by atoms with van der Waals surface area (Å²) in [6.07, 6.45) is 7.06. The van der Waals surface area contributed by atoms with E-state index in [0.29, 0.717) is 30.6 Å². The predicted molar refractivity (Wildman–Crippen MR) is 229 cm³/mol. The van der Waals surface area contributed by atoms with Gasteiger partial charge in [-0.25, -0.2) is 4.98 Å². The largest absolute Gasteiger partial charge is 0.392 e. The molecule has 4 aromatic carbocycles. The first-order valence-corrected chi connectivity index (χ1v) is 21.3. The molecule has 0 radical (unpaired) electrons. The minimum absolute atomic E-state index is 0.0107. The van der Waals surface area contributed by atoms with Gasteiger partial charge in [-0.3, -0.25) is 19.5 Å². The van der Waals surface area contributed by atoms with E-state index in [4.69, 9.17) is 9.47 Å². The van der Waals surface area contributed by atoms with Crippen molar-refractivity contribution in [3.63, 3.8) is 0 Å². The molecule has 0 bridgehead atoms. The van der Waals surface area contributed by atoms with Gasteiger partial charge in [0.15, 0.2) is 6.29 Å². The number of nitrogens with one attached hydrogen (secondary N) is 2. The van der Waals surface area contributed by atoms with E-state index in [0.717, 1.165) is 58.2 Å². The number of carbonyl (C=O) groups excluding carboxylic acids is 2. The van der Waals surface area contributed by atoms with E-state index < -0.39 is 6.29 Å². The van der Waals surface area contributed by atoms with Crippen LogP contribution in [0.15, 0.2) is 103 Å². The van der Waals surface area contributed by atoms with Crippen molar-refractivity contribution in [3.8, 4) is 11.1 Å². The van der Waals surface area contributed by atoms with Gasteiger partial charge in [0.25, 0.3) is 5.91 Å². The lowest BCUT2D eigenvalue weighted by Gasteiger charge is -2.51. The fraction of sp³-hybridized carbons (Fsp3) is 0.429. The number of carbonyl (C=O) groups is 2. The normalized spacial score (nSPS) is 24.9. The molecule has 3 heterocycles. The highest BCUT2D eigenvalue weighted by Crippen LogP contribution is 2.44. The number of aliphatic hydroxyl groups is 1. The van der Waals surface area contributed by atoms with Crippen LogP contribution in [0.4, 0.5) is 0 Å². The predicted octanol–water partition coefficient (Wildman–Crippen LogP) is 8.45. The van der Waals surface area contributed by atoms with Gasteiger partial charge in [0.05, 0.1) is 42.1 Å². The SMILES string of the molecule is CC1C(CN2C(C(=O)NC(C)(C)C)CCC3CCCCC32)OC(c2ccc(-c3ccccc3CNC(=O)c3cnc4ccccc4n3)cc2)OC1c1ccc(CO)cc1. The Hall–Kier alpha value is -5.00. The topological polar surface area (TPSA) is 126 Å². The van der Waals surface area contributed by atoms with Gasteiger partial charge < -0.3 is 25.2 Å². The van der Waals surface area contributed by atoms with Gasteiger partial charge in [-0.15, -0.1) is 0 Å². The Bertz CT molecular complexity index is 2240. The molecule has 3 fully saturated rings. The van der Waals surface area contributed by atoms with E-state index in [1.807, 2.05) is 75.4 Å². The average Bonchev–Trinajstić information content (AvgIpc) is 3.25. The second-order valence-corrected chi connectivity index (χ2v) is 17.7. The number of fused-ring (bicyclic) bond motifs is 2. The van der Waals surface area contributed by atoms with Crippen LogP contribution in [0, 0.1) is 11.8 Å². The van der Waals surface area contributed by atoms with Crippen molar-refractivity contribution < 1.29 is 24.2 Å². The number of nitrogens with zero attached hydrogens (tertiary/aromatic N) is 3. The molecule has 2 amide bonds. The molecule has 2 aliphatic heterocycles. The third-order valence-corrected chi connectivity index (χ3v) is 12.5. The monoisotopic (exact) mass is 795 g/mol. The summed E-state index contributed by atoms with van der Waals surface area (Å²) < 4.78 is 13.9. The molecule has 5 aromatic rings. The third kappa shape index (κ3) is 9.26. The van der Waals surface area contributed by atoms with E-state index in [2.05, 4.69) is 74.9 Å². The Balaban J connectivity index is 1.04. The summed E-state index contributed by atoms with van der Waals surface area (Å²) in [5, 5.41) is 16.1. The summed E-state index contributed by atoms with van der Waals surface area (Å²) in [5.41, 5.74) is 7.15. The van der Waals surface area contributed by atoms with Crippen LogP contribution in [-0.2, 0) is 27.4 Å². The van der Waals surface area contributed by atoms with Crippen LogP contribution < -0.4 is 10.6 Å². The van der Waals surface area contributed by atoms with Crippen molar-refractivity contribution in [3.05, 3.63) is 131 Å². The highest BCUT2D eigenvalue weighted by atomic mass is 16.7. The first kappa shape index (κ1) is 40.8. The molecule has 7 atom stereocenters. The zero-order chi connectivity index (χ0) is 41.1. The summed E-state index contributed by atoms with van der Waals surface area (Å²) in [7, 11) is 0. The maximum absolute atomic E-state index is 13.9. The molecule has 3 N–H and O–H groups in total. The van der Waals surface area contributed by atoms with Crippen molar-refractivity contribution in [2.75, 3.05) is 6.54 Å². The fourth-order valence-electron chi connectivity index (χ4n) is 9.37. The van der Waals surface area contributed by atoms with Crippen molar-refractivity contribution in [2.45, 2.75) is 115 Å². The average molecular weight is 796 g/mol. The second-order valence-electron chi connectivity index (χ2n) is 17.7. The molecule has 1 saturated carbocycles. The number of rotatable bonds is 10. The number of benzene rings is 4. The van der Waals surface area contributed by atoms with Crippen molar-refractivity contribution in [2.24, 2.45) is 11.8 Å². The van der Waals surface area contributed by atoms with Gasteiger partial charge in [0.2, 0.25) is 5.91 Å². The summed E-state index contributed by atoms with van der Waals surface area (Å²) in [6, 6.07) is 32.0. The lowest BCUT2D eigenvalue weighted by atomic mass is 9.75. The molecule has 3 aliphatic rings. The number of aromatic nitrogens is 2. The number of hydrogen-bond acceptors (Lipinski definition) is 8. The Morgan fingerprint density at radius 1 is 0.831 bits per heavy atom. The van der Waals surface area contributed by atoms with Crippen LogP contribution in [0.5, 0.6) is 0 Å². The molecule has 10 nitrogen and oxygen atoms in total. The lowest BCUT2D eigenvalue weighted by Crippen LogP contribution is -2.61. The van der Waals surface area contributed by atoms with Gasteiger partial charge in [-0.05, 0) is 92.3 Å². The zero-order valence-electron chi connectivity index (χ0n) is 34.6. The number of ether oxygens (including phenoxy) is 2. The van der Waals surface area contributed by atoms with Crippen LogP contribution in [0.2, 0.25) is 0 Å². The number of aliphatic hydroxyl groups excluding tert-OH is 1. The van der Waals surface area contributed by atoms with Gasteiger partial charge in [-0.1, -0.05) is 105 Å². The van der Waals surface area contributed by atoms with Crippen molar-refractivity contribution in [1.29, 1.82) is 0 Å². The van der Waals surface area contributed by atoms with Crippen LogP contribution in [-0.4, -0.2) is 62.1 Å². The summed E-state index contributed by atoms with van der Waals surface area (Å²) >= 11 is 0. The van der Waals surface area contributed by atoms with Gasteiger partial charge in [0.1, 0.15) is 5.69 Å². The molecule has 308 valence electrons. The Kier molecular flexibility index (Phi) is 12.2. The second kappa shape index (κ2) is 17.7. The van der Waals surface area contributed by atoms with Gasteiger partial charge in [0, 0.05) is 36.2 Å². The molecule has 7 unspecified atom stereocenters. The first-order chi connectivity index (χ1) is 28.5. The number of hydrogen-bond donors (Lipinski definition) is 3. The molecule has 0 spiro atoms. The molecule has 1 aliphatic carbocycles. The molecule has 1 aromatic heterocycles. The van der Waals surface area contributed by atoms with Crippen LogP contribution in [0.25, 0.3) is 22.2 Å². The minimum atomic E-state index is -0.640. The quantitative estimate of drug-likeness (QED) is 0.129. The maximum Gasteiger partial charge on any atom is 0.271 e. The molecule has 2 saturated heterocycles. The Labute approximate surface area is 347 Å². The summed E-state index contributed by atoms with van der Waals surface area (Å²) in [5.74, 6) is 0.399. The lowest BCUT2D eigenvalue weighted by molar-refractivity contribution is -0.278. The van der Waals surface area contributed by atoms with Crippen LogP contribution in [0.3, 0.4) is 0 Å². The minimum Gasteiger partial charge on any atom is -0.392 e.